The number of rotatable bonds is 4. The Kier molecular flexibility index (Phi) is 4.07. The minimum atomic E-state index is 0.458. The predicted molar refractivity (Wildman–Crippen MR) is 90.4 cm³/mol. The summed E-state index contributed by atoms with van der Waals surface area (Å²) in [6.45, 7) is 3.35. The second-order valence-electron chi connectivity index (χ2n) is 6.24. The van der Waals surface area contributed by atoms with Crippen LogP contribution in [0.3, 0.4) is 0 Å². The zero-order valence-corrected chi connectivity index (χ0v) is 13.2. The fourth-order valence-corrected chi connectivity index (χ4v) is 3.30. The Morgan fingerprint density at radius 2 is 1.83 bits per heavy atom. The lowest BCUT2D eigenvalue weighted by Gasteiger charge is -2.30. The zero-order chi connectivity index (χ0) is 15.5. The van der Waals surface area contributed by atoms with Gasteiger partial charge in [0.1, 0.15) is 5.52 Å². The number of nitrogens with zero attached hydrogens (tertiary/aromatic N) is 3. The summed E-state index contributed by atoms with van der Waals surface area (Å²) < 4.78 is 5.94. The first kappa shape index (κ1) is 14.4. The fourth-order valence-electron chi connectivity index (χ4n) is 3.30. The van der Waals surface area contributed by atoms with Crippen molar-refractivity contribution in [2.45, 2.75) is 25.2 Å². The third kappa shape index (κ3) is 3.27. The number of pyridine rings is 1. The van der Waals surface area contributed by atoms with Crippen molar-refractivity contribution in [3.8, 4) is 0 Å². The first-order valence-corrected chi connectivity index (χ1v) is 8.35. The number of hydrogen-bond acceptors (Lipinski definition) is 4. The summed E-state index contributed by atoms with van der Waals surface area (Å²) in [6, 6.07) is 12.2. The van der Waals surface area contributed by atoms with Crippen molar-refractivity contribution < 1.29 is 4.42 Å². The molecule has 0 N–H and O–H groups in total. The topological polar surface area (TPSA) is 42.2 Å². The van der Waals surface area contributed by atoms with E-state index in [1.807, 2.05) is 36.7 Å². The van der Waals surface area contributed by atoms with Crippen molar-refractivity contribution in [1.82, 2.24) is 14.9 Å². The molecule has 4 heteroatoms. The molecule has 0 saturated carbocycles. The Morgan fingerprint density at radius 3 is 2.61 bits per heavy atom. The molecule has 0 bridgehead atoms. The Labute approximate surface area is 136 Å². The standard InChI is InChI=1S/C19H21N3O/c1-2-4-18-17(3-1)21-19(23-18)16-8-13-22(14-9-16)12-7-15-5-10-20-11-6-15/h1-6,10-11,16H,7-9,12-14H2. The van der Waals surface area contributed by atoms with Gasteiger partial charge in [0.15, 0.2) is 11.5 Å². The van der Waals surface area contributed by atoms with Crippen LogP contribution >= 0.6 is 0 Å². The van der Waals surface area contributed by atoms with Gasteiger partial charge in [0.2, 0.25) is 0 Å². The molecule has 3 aromatic rings. The second-order valence-corrected chi connectivity index (χ2v) is 6.24. The summed E-state index contributed by atoms with van der Waals surface area (Å²) in [4.78, 5) is 11.3. The van der Waals surface area contributed by atoms with Crippen LogP contribution in [0.4, 0.5) is 0 Å². The minimum Gasteiger partial charge on any atom is -0.440 e. The molecule has 1 aliphatic rings. The smallest absolute Gasteiger partial charge is 0.198 e. The van der Waals surface area contributed by atoms with Crippen LogP contribution in [0.1, 0.15) is 30.2 Å². The van der Waals surface area contributed by atoms with Crippen molar-refractivity contribution in [3.05, 3.63) is 60.2 Å². The number of piperidine rings is 1. The average molecular weight is 307 g/mol. The maximum atomic E-state index is 5.94. The Balaban J connectivity index is 1.33. The molecule has 2 aromatic heterocycles. The summed E-state index contributed by atoms with van der Waals surface area (Å²) >= 11 is 0. The SMILES string of the molecule is c1ccc2oc(C3CCN(CCc4ccncc4)CC3)nc2c1. The molecular formula is C19H21N3O. The summed E-state index contributed by atoms with van der Waals surface area (Å²) in [5.74, 6) is 1.37. The molecule has 3 heterocycles. The average Bonchev–Trinajstić information content (AvgIpc) is 3.05. The van der Waals surface area contributed by atoms with Gasteiger partial charge < -0.3 is 9.32 Å². The quantitative estimate of drug-likeness (QED) is 0.738. The third-order valence-corrected chi connectivity index (χ3v) is 4.71. The monoisotopic (exact) mass is 307 g/mol. The molecule has 0 aliphatic carbocycles. The summed E-state index contributed by atoms with van der Waals surface area (Å²) in [5.41, 5.74) is 3.24. The van der Waals surface area contributed by atoms with E-state index in [2.05, 4.69) is 27.0 Å². The maximum Gasteiger partial charge on any atom is 0.198 e. The largest absolute Gasteiger partial charge is 0.440 e. The highest BCUT2D eigenvalue weighted by atomic mass is 16.3. The summed E-state index contributed by atoms with van der Waals surface area (Å²) in [7, 11) is 0. The number of aromatic nitrogens is 2. The Hall–Kier alpha value is -2.20. The summed E-state index contributed by atoms with van der Waals surface area (Å²) in [5, 5.41) is 0. The molecule has 1 saturated heterocycles. The van der Waals surface area contributed by atoms with Crippen LogP contribution in [0.25, 0.3) is 11.1 Å². The van der Waals surface area contributed by atoms with Crippen LogP contribution in [0.5, 0.6) is 0 Å². The van der Waals surface area contributed by atoms with Gasteiger partial charge in [-0.3, -0.25) is 4.98 Å². The lowest BCUT2D eigenvalue weighted by molar-refractivity contribution is 0.203. The number of oxazole rings is 1. The molecule has 1 fully saturated rings. The molecule has 4 rings (SSSR count). The highest BCUT2D eigenvalue weighted by Crippen LogP contribution is 2.29. The van der Waals surface area contributed by atoms with Crippen molar-refractivity contribution in [3.63, 3.8) is 0 Å². The molecule has 0 radical (unpaired) electrons. The van der Waals surface area contributed by atoms with Gasteiger partial charge in [0, 0.05) is 24.9 Å². The van der Waals surface area contributed by atoms with Crippen LogP contribution in [0.15, 0.2) is 53.2 Å². The van der Waals surface area contributed by atoms with Crippen molar-refractivity contribution in [2.75, 3.05) is 19.6 Å². The molecule has 1 aliphatic heterocycles. The predicted octanol–water partition coefficient (Wildman–Crippen LogP) is 3.64. The third-order valence-electron chi connectivity index (χ3n) is 4.71. The second kappa shape index (κ2) is 6.50. The van der Waals surface area contributed by atoms with Gasteiger partial charge in [0.25, 0.3) is 0 Å². The van der Waals surface area contributed by atoms with Crippen molar-refractivity contribution >= 4 is 11.1 Å². The van der Waals surface area contributed by atoms with E-state index in [-0.39, 0.29) is 0 Å². The normalized spacial score (nSPS) is 16.9. The molecule has 4 nitrogen and oxygen atoms in total. The van der Waals surface area contributed by atoms with E-state index in [1.165, 1.54) is 5.56 Å². The van der Waals surface area contributed by atoms with Crippen LogP contribution in [0.2, 0.25) is 0 Å². The highest BCUT2D eigenvalue weighted by Gasteiger charge is 2.24. The molecule has 0 spiro atoms. The van der Waals surface area contributed by atoms with Crippen LogP contribution in [0, 0.1) is 0 Å². The minimum absolute atomic E-state index is 0.458. The Morgan fingerprint density at radius 1 is 1.04 bits per heavy atom. The van der Waals surface area contributed by atoms with Gasteiger partial charge >= 0.3 is 0 Å². The van der Waals surface area contributed by atoms with Gasteiger partial charge in [-0.25, -0.2) is 4.98 Å². The van der Waals surface area contributed by atoms with E-state index in [1.54, 1.807) is 0 Å². The molecule has 1 aromatic carbocycles. The zero-order valence-electron chi connectivity index (χ0n) is 13.2. The first-order chi connectivity index (χ1) is 11.4. The highest BCUT2D eigenvalue weighted by molar-refractivity contribution is 5.72. The molecule has 0 atom stereocenters. The van der Waals surface area contributed by atoms with Crippen LogP contribution in [-0.4, -0.2) is 34.5 Å². The number of para-hydroxylation sites is 2. The van der Waals surface area contributed by atoms with Crippen molar-refractivity contribution in [1.29, 1.82) is 0 Å². The molecular weight excluding hydrogens is 286 g/mol. The van der Waals surface area contributed by atoms with Gasteiger partial charge in [-0.05, 0) is 62.2 Å². The van der Waals surface area contributed by atoms with Gasteiger partial charge in [0.05, 0.1) is 0 Å². The lowest BCUT2D eigenvalue weighted by atomic mass is 9.96. The number of hydrogen-bond donors (Lipinski definition) is 0. The molecule has 0 unspecified atom stereocenters. The van der Waals surface area contributed by atoms with Crippen LogP contribution < -0.4 is 0 Å². The van der Waals surface area contributed by atoms with Gasteiger partial charge in [-0.15, -0.1) is 0 Å². The number of fused-ring (bicyclic) bond motifs is 1. The fraction of sp³-hybridized carbons (Fsp3) is 0.368. The van der Waals surface area contributed by atoms with E-state index < -0.39 is 0 Å². The van der Waals surface area contributed by atoms with Gasteiger partial charge in [-0.2, -0.15) is 0 Å². The Bertz CT molecular complexity index is 727. The molecule has 118 valence electrons. The van der Waals surface area contributed by atoms with E-state index >= 15 is 0 Å². The molecule has 23 heavy (non-hydrogen) atoms. The van der Waals surface area contributed by atoms with E-state index in [4.69, 9.17) is 4.42 Å². The number of benzene rings is 1. The first-order valence-electron chi connectivity index (χ1n) is 8.35. The van der Waals surface area contributed by atoms with E-state index in [0.717, 1.165) is 55.9 Å². The molecule has 0 amide bonds. The van der Waals surface area contributed by atoms with E-state index in [9.17, 15) is 0 Å². The lowest BCUT2D eigenvalue weighted by Crippen LogP contribution is -2.34. The summed E-state index contributed by atoms with van der Waals surface area (Å²) in [6.07, 6.45) is 7.09. The van der Waals surface area contributed by atoms with Gasteiger partial charge in [-0.1, -0.05) is 12.1 Å². The van der Waals surface area contributed by atoms with Crippen LogP contribution in [-0.2, 0) is 6.42 Å². The van der Waals surface area contributed by atoms with Crippen molar-refractivity contribution in [2.24, 2.45) is 0 Å². The maximum absolute atomic E-state index is 5.94. The number of likely N-dealkylation sites (tertiary alicyclic amines) is 1. The van der Waals surface area contributed by atoms with E-state index in [0.29, 0.717) is 5.92 Å².